The first kappa shape index (κ1) is 22.9. The number of esters is 1. The zero-order valence-corrected chi connectivity index (χ0v) is 17.4. The smallest absolute Gasteiger partial charge is 0.325 e. The van der Waals surface area contributed by atoms with Gasteiger partial charge in [0, 0.05) is 18.8 Å². The van der Waals surface area contributed by atoms with Crippen molar-refractivity contribution in [3.63, 3.8) is 0 Å². The van der Waals surface area contributed by atoms with Gasteiger partial charge in [-0.15, -0.1) is 0 Å². The van der Waals surface area contributed by atoms with E-state index in [1.165, 1.54) is 0 Å². The highest BCUT2D eigenvalue weighted by atomic mass is 16.6. The minimum atomic E-state index is -0.595. The Morgan fingerprint density at radius 2 is 1.70 bits per heavy atom. The van der Waals surface area contributed by atoms with Crippen LogP contribution < -0.4 is 5.32 Å². The zero-order chi connectivity index (χ0) is 20.6. The molecule has 2 atom stereocenters. The molecule has 0 saturated carbocycles. The van der Waals surface area contributed by atoms with Crippen LogP contribution in [0.1, 0.15) is 58.6 Å². The summed E-state index contributed by atoms with van der Waals surface area (Å²) in [6.07, 6.45) is 1.26. The van der Waals surface area contributed by atoms with Crippen LogP contribution in [0.5, 0.6) is 0 Å². The first-order chi connectivity index (χ1) is 12.5. The van der Waals surface area contributed by atoms with E-state index in [0.717, 1.165) is 17.5 Å². The summed E-state index contributed by atoms with van der Waals surface area (Å²) in [7, 11) is 0. The van der Waals surface area contributed by atoms with Crippen LogP contribution in [0.3, 0.4) is 0 Å². The lowest BCUT2D eigenvalue weighted by Crippen LogP contribution is -2.40. The van der Waals surface area contributed by atoms with Crippen LogP contribution in [-0.2, 0) is 25.5 Å². The van der Waals surface area contributed by atoms with Gasteiger partial charge in [-0.05, 0) is 39.2 Å². The summed E-state index contributed by atoms with van der Waals surface area (Å²) in [5, 5.41) is 2.63. The van der Waals surface area contributed by atoms with Crippen LogP contribution >= 0.6 is 0 Å². The van der Waals surface area contributed by atoms with Gasteiger partial charge in [0.15, 0.2) is 0 Å². The van der Waals surface area contributed by atoms with E-state index in [0.29, 0.717) is 6.42 Å². The number of amides is 1. The molecule has 150 valence electrons. The summed E-state index contributed by atoms with van der Waals surface area (Å²) in [5.74, 6) is -1.13. The van der Waals surface area contributed by atoms with E-state index in [-0.39, 0.29) is 30.6 Å². The molecule has 1 aromatic carbocycles. The Bertz CT molecular complexity index is 643. The molecule has 0 heterocycles. The number of ether oxygens (including phenoxy) is 1. The Balaban J connectivity index is 2.65. The number of ketones is 1. The predicted octanol–water partition coefficient (Wildman–Crippen LogP) is 3.62. The monoisotopic (exact) mass is 375 g/mol. The SMILES string of the molecule is CC[C@H](C)[C@H](CC(=O)Cc1ccc(C)cc1)C(=O)NCC(=O)OC(C)(C)C. The van der Waals surface area contributed by atoms with Crippen LogP contribution in [0, 0.1) is 18.8 Å². The van der Waals surface area contributed by atoms with E-state index in [4.69, 9.17) is 4.74 Å². The second-order valence-corrected chi connectivity index (χ2v) is 8.20. The van der Waals surface area contributed by atoms with Crippen molar-refractivity contribution in [3.8, 4) is 0 Å². The van der Waals surface area contributed by atoms with E-state index in [1.54, 1.807) is 20.8 Å². The van der Waals surface area contributed by atoms with Crippen molar-refractivity contribution in [1.29, 1.82) is 0 Å². The molecule has 0 radical (unpaired) electrons. The van der Waals surface area contributed by atoms with Crippen LogP contribution in [0.4, 0.5) is 0 Å². The lowest BCUT2D eigenvalue weighted by atomic mass is 9.85. The molecule has 5 nitrogen and oxygen atoms in total. The quantitative estimate of drug-likeness (QED) is 0.669. The van der Waals surface area contributed by atoms with E-state index in [1.807, 2.05) is 45.0 Å². The number of carbonyl (C=O) groups is 3. The maximum atomic E-state index is 12.6. The largest absolute Gasteiger partial charge is 0.459 e. The standard InChI is InChI=1S/C22H33NO4/c1-7-16(3)19(21(26)23-14-20(25)27-22(4,5)6)13-18(24)12-17-10-8-15(2)9-11-17/h8-11,16,19H,7,12-14H2,1-6H3,(H,23,26)/t16-,19-/m0/s1. The highest BCUT2D eigenvalue weighted by Crippen LogP contribution is 2.21. The second-order valence-electron chi connectivity index (χ2n) is 8.20. The van der Waals surface area contributed by atoms with Crippen molar-refractivity contribution in [2.24, 2.45) is 11.8 Å². The van der Waals surface area contributed by atoms with Crippen LogP contribution in [0.25, 0.3) is 0 Å². The van der Waals surface area contributed by atoms with E-state index < -0.39 is 17.5 Å². The zero-order valence-electron chi connectivity index (χ0n) is 17.4. The molecule has 27 heavy (non-hydrogen) atoms. The molecule has 0 aliphatic rings. The minimum absolute atomic E-state index is 0.0246. The van der Waals surface area contributed by atoms with Crippen molar-refractivity contribution in [2.75, 3.05) is 6.54 Å². The molecule has 1 N–H and O–H groups in total. The third-order valence-corrected chi connectivity index (χ3v) is 4.46. The summed E-state index contributed by atoms with van der Waals surface area (Å²) in [6.45, 7) is 11.1. The third kappa shape index (κ3) is 8.85. The van der Waals surface area contributed by atoms with Gasteiger partial charge in [-0.25, -0.2) is 0 Å². The molecule has 1 amide bonds. The number of hydrogen-bond donors (Lipinski definition) is 1. The number of carbonyl (C=O) groups excluding carboxylic acids is 3. The molecule has 1 aromatic rings. The number of benzene rings is 1. The molecular weight excluding hydrogens is 342 g/mol. The van der Waals surface area contributed by atoms with E-state index in [2.05, 4.69) is 5.32 Å². The Hall–Kier alpha value is -2.17. The van der Waals surface area contributed by atoms with Crippen molar-refractivity contribution in [2.45, 2.75) is 66.4 Å². The summed E-state index contributed by atoms with van der Waals surface area (Å²) in [4.78, 5) is 36.9. The van der Waals surface area contributed by atoms with Gasteiger partial charge in [-0.3, -0.25) is 14.4 Å². The number of rotatable bonds is 9. The molecule has 0 aliphatic heterocycles. The average Bonchev–Trinajstić information content (AvgIpc) is 2.57. The van der Waals surface area contributed by atoms with E-state index >= 15 is 0 Å². The third-order valence-electron chi connectivity index (χ3n) is 4.46. The number of nitrogens with one attached hydrogen (secondary N) is 1. The Morgan fingerprint density at radius 1 is 1.11 bits per heavy atom. The molecule has 0 unspecified atom stereocenters. The summed E-state index contributed by atoms with van der Waals surface area (Å²) in [5.41, 5.74) is 1.50. The minimum Gasteiger partial charge on any atom is -0.459 e. The van der Waals surface area contributed by atoms with Gasteiger partial charge in [-0.1, -0.05) is 50.1 Å². The molecule has 1 rings (SSSR count). The second kappa shape index (κ2) is 10.2. The average molecular weight is 376 g/mol. The predicted molar refractivity (Wildman–Crippen MR) is 106 cm³/mol. The molecule has 0 aromatic heterocycles. The van der Waals surface area contributed by atoms with Gasteiger partial charge < -0.3 is 10.1 Å². The van der Waals surface area contributed by atoms with Crippen molar-refractivity contribution in [1.82, 2.24) is 5.32 Å². The summed E-state index contributed by atoms with van der Waals surface area (Å²) < 4.78 is 5.20. The maximum Gasteiger partial charge on any atom is 0.325 e. The Morgan fingerprint density at radius 3 is 2.22 bits per heavy atom. The Labute approximate surface area is 162 Å². The number of hydrogen-bond acceptors (Lipinski definition) is 4. The molecule has 0 spiro atoms. The molecule has 0 aliphatic carbocycles. The van der Waals surface area contributed by atoms with Gasteiger partial charge >= 0.3 is 5.97 Å². The maximum absolute atomic E-state index is 12.6. The Kier molecular flexibility index (Phi) is 8.67. The fourth-order valence-corrected chi connectivity index (χ4v) is 2.76. The normalized spacial score (nSPS) is 13.6. The molecule has 0 fully saturated rings. The lowest BCUT2D eigenvalue weighted by molar-refractivity contribution is -0.154. The fraction of sp³-hybridized carbons (Fsp3) is 0.591. The fourth-order valence-electron chi connectivity index (χ4n) is 2.76. The topological polar surface area (TPSA) is 72.5 Å². The van der Waals surface area contributed by atoms with E-state index in [9.17, 15) is 14.4 Å². The summed E-state index contributed by atoms with van der Waals surface area (Å²) in [6, 6.07) is 7.83. The van der Waals surface area contributed by atoms with Gasteiger partial charge in [0.1, 0.15) is 17.9 Å². The number of Topliss-reactive ketones (excluding diaryl/α,β-unsaturated/α-hetero) is 1. The molecular formula is C22H33NO4. The first-order valence-corrected chi connectivity index (χ1v) is 9.58. The summed E-state index contributed by atoms with van der Waals surface area (Å²) >= 11 is 0. The van der Waals surface area contributed by atoms with Gasteiger partial charge in [0.25, 0.3) is 0 Å². The molecule has 5 heteroatoms. The molecule has 0 saturated heterocycles. The van der Waals surface area contributed by atoms with Crippen molar-refractivity contribution < 1.29 is 19.1 Å². The van der Waals surface area contributed by atoms with Crippen LogP contribution in [-0.4, -0.2) is 29.8 Å². The number of aryl methyl sites for hydroxylation is 1. The van der Waals surface area contributed by atoms with Gasteiger partial charge in [-0.2, -0.15) is 0 Å². The van der Waals surface area contributed by atoms with Crippen LogP contribution in [0.2, 0.25) is 0 Å². The molecule has 0 bridgehead atoms. The van der Waals surface area contributed by atoms with Crippen molar-refractivity contribution >= 4 is 17.7 Å². The lowest BCUT2D eigenvalue weighted by Gasteiger charge is -2.23. The van der Waals surface area contributed by atoms with Crippen molar-refractivity contribution in [3.05, 3.63) is 35.4 Å². The van der Waals surface area contributed by atoms with Gasteiger partial charge in [0.05, 0.1) is 0 Å². The van der Waals surface area contributed by atoms with Gasteiger partial charge in [0.2, 0.25) is 5.91 Å². The highest BCUT2D eigenvalue weighted by Gasteiger charge is 2.27. The van der Waals surface area contributed by atoms with Crippen LogP contribution in [0.15, 0.2) is 24.3 Å². The highest BCUT2D eigenvalue weighted by molar-refractivity contribution is 5.89. The first-order valence-electron chi connectivity index (χ1n) is 9.58.